The van der Waals surface area contributed by atoms with Crippen LogP contribution in [0.3, 0.4) is 0 Å². The number of thiocarbonyl (C=S) groups is 1. The zero-order valence-electron chi connectivity index (χ0n) is 17.9. The van der Waals surface area contributed by atoms with Crippen molar-refractivity contribution in [2.45, 2.75) is 13.5 Å². The van der Waals surface area contributed by atoms with Gasteiger partial charge >= 0.3 is 0 Å². The van der Waals surface area contributed by atoms with Crippen molar-refractivity contribution in [1.29, 1.82) is 0 Å². The van der Waals surface area contributed by atoms with Gasteiger partial charge in [-0.2, -0.15) is 0 Å². The average Bonchev–Trinajstić information content (AvgIpc) is 3.07. The highest BCUT2D eigenvalue weighted by Gasteiger charge is 2.34. The summed E-state index contributed by atoms with van der Waals surface area (Å²) in [5.74, 6) is 0.513. The third kappa shape index (κ3) is 5.55. The first-order valence-corrected chi connectivity index (χ1v) is 12.2. The number of amides is 1. The molecule has 0 spiro atoms. The van der Waals surface area contributed by atoms with E-state index in [1.165, 1.54) is 28.8 Å². The summed E-state index contributed by atoms with van der Waals surface area (Å²) < 4.78 is 25.1. The molecule has 3 aromatic carbocycles. The third-order valence-electron chi connectivity index (χ3n) is 4.82. The zero-order valence-corrected chi connectivity index (χ0v) is 21.0. The summed E-state index contributed by atoms with van der Waals surface area (Å²) in [4.78, 5) is 14.9. The first kappa shape index (κ1) is 24.5. The Labute approximate surface area is 216 Å². The van der Waals surface area contributed by atoms with E-state index >= 15 is 0 Å². The fourth-order valence-electron chi connectivity index (χ4n) is 3.23. The van der Waals surface area contributed by atoms with Gasteiger partial charge in [0.25, 0.3) is 5.91 Å². The van der Waals surface area contributed by atoms with Crippen LogP contribution in [0, 0.1) is 5.82 Å². The molecular weight excluding hydrogens is 516 g/mol. The van der Waals surface area contributed by atoms with Gasteiger partial charge in [-0.05, 0) is 66.6 Å². The number of ether oxygens (including phenoxy) is 2. The fourth-order valence-corrected chi connectivity index (χ4v) is 5.01. The molecule has 1 fully saturated rings. The minimum atomic E-state index is -0.299. The molecule has 0 bridgehead atoms. The maximum Gasteiger partial charge on any atom is 0.270 e. The van der Waals surface area contributed by atoms with Gasteiger partial charge in [-0.25, -0.2) is 4.39 Å². The van der Waals surface area contributed by atoms with Gasteiger partial charge in [0.15, 0.2) is 15.8 Å². The number of hydrogen-bond donors (Lipinski definition) is 0. The van der Waals surface area contributed by atoms with Crippen LogP contribution in [0.4, 0.5) is 10.1 Å². The standard InChI is InChI=1S/C25H18Cl2FNO3S2/c1-2-31-22-11-16(5-10-21(22)32-14-15-3-7-18(28)8-4-15)12-23-24(30)29(25(33)34-23)20-9-6-17(26)13-19(20)27/h3-13H,2,14H2,1H3/b23-12+. The van der Waals surface area contributed by atoms with Crippen LogP contribution >= 0.6 is 47.2 Å². The molecule has 174 valence electrons. The number of hydrogen-bond acceptors (Lipinski definition) is 5. The molecular formula is C25H18Cl2FNO3S2. The first-order valence-electron chi connectivity index (χ1n) is 10.2. The predicted molar refractivity (Wildman–Crippen MR) is 140 cm³/mol. The Morgan fingerprint density at radius 1 is 1.03 bits per heavy atom. The number of halogens is 3. The van der Waals surface area contributed by atoms with Gasteiger partial charge < -0.3 is 9.47 Å². The quantitative estimate of drug-likeness (QED) is 0.232. The Kier molecular flexibility index (Phi) is 7.78. The van der Waals surface area contributed by atoms with Crippen molar-refractivity contribution in [3.63, 3.8) is 0 Å². The molecule has 9 heteroatoms. The van der Waals surface area contributed by atoms with Gasteiger partial charge in [0.05, 0.1) is 22.2 Å². The second-order valence-corrected chi connectivity index (χ2v) is 9.69. The molecule has 0 unspecified atom stereocenters. The molecule has 0 atom stereocenters. The van der Waals surface area contributed by atoms with Crippen molar-refractivity contribution >= 4 is 69.2 Å². The van der Waals surface area contributed by atoms with Gasteiger partial charge in [-0.15, -0.1) is 0 Å². The van der Waals surface area contributed by atoms with E-state index in [2.05, 4.69) is 0 Å². The summed E-state index contributed by atoms with van der Waals surface area (Å²) in [6.45, 7) is 2.57. The van der Waals surface area contributed by atoms with Crippen LogP contribution in [0.25, 0.3) is 6.08 Å². The maximum absolute atomic E-state index is 13.1. The summed E-state index contributed by atoms with van der Waals surface area (Å²) in [5, 5.41) is 0.811. The summed E-state index contributed by atoms with van der Waals surface area (Å²) >= 11 is 18.9. The molecule has 0 aromatic heterocycles. The van der Waals surface area contributed by atoms with Crippen molar-refractivity contribution in [2.24, 2.45) is 0 Å². The monoisotopic (exact) mass is 533 g/mol. The summed E-state index contributed by atoms with van der Waals surface area (Å²) in [6, 6.07) is 16.4. The van der Waals surface area contributed by atoms with Crippen LogP contribution in [0.15, 0.2) is 65.6 Å². The number of anilines is 1. The Morgan fingerprint density at radius 2 is 1.79 bits per heavy atom. The predicted octanol–water partition coefficient (Wildman–Crippen LogP) is 7.52. The van der Waals surface area contributed by atoms with Crippen LogP contribution in [-0.4, -0.2) is 16.8 Å². The largest absolute Gasteiger partial charge is 0.490 e. The summed E-state index contributed by atoms with van der Waals surface area (Å²) in [6.07, 6.45) is 1.75. The molecule has 0 N–H and O–H groups in total. The highest BCUT2D eigenvalue weighted by atomic mass is 35.5. The number of thioether (sulfide) groups is 1. The van der Waals surface area contributed by atoms with Crippen LogP contribution in [0.5, 0.6) is 11.5 Å². The highest BCUT2D eigenvalue weighted by Crippen LogP contribution is 2.40. The van der Waals surface area contributed by atoms with Crippen LogP contribution in [0.1, 0.15) is 18.1 Å². The zero-order chi connectivity index (χ0) is 24.2. The SMILES string of the molecule is CCOc1cc(/C=C2/SC(=S)N(c3ccc(Cl)cc3Cl)C2=O)ccc1OCc1ccc(F)cc1. The van der Waals surface area contributed by atoms with Gasteiger partial charge in [-0.1, -0.05) is 65.4 Å². The van der Waals surface area contributed by atoms with Gasteiger partial charge in [0, 0.05) is 5.02 Å². The molecule has 1 aliphatic heterocycles. The topological polar surface area (TPSA) is 38.8 Å². The van der Waals surface area contributed by atoms with Crippen molar-refractivity contribution in [2.75, 3.05) is 11.5 Å². The van der Waals surface area contributed by atoms with Crippen LogP contribution in [-0.2, 0) is 11.4 Å². The minimum Gasteiger partial charge on any atom is -0.490 e. The van der Waals surface area contributed by atoms with Gasteiger partial charge in [0.2, 0.25) is 0 Å². The molecule has 1 aliphatic rings. The lowest BCUT2D eigenvalue weighted by atomic mass is 10.1. The normalized spacial score (nSPS) is 14.7. The molecule has 0 radical (unpaired) electrons. The van der Waals surface area contributed by atoms with Crippen molar-refractivity contribution in [3.05, 3.63) is 92.6 Å². The van der Waals surface area contributed by atoms with Crippen molar-refractivity contribution in [1.82, 2.24) is 0 Å². The molecule has 4 rings (SSSR count). The molecule has 1 amide bonds. The number of rotatable bonds is 7. The summed E-state index contributed by atoms with van der Waals surface area (Å²) in [5.41, 5.74) is 2.06. The van der Waals surface area contributed by atoms with Crippen LogP contribution < -0.4 is 14.4 Å². The van der Waals surface area contributed by atoms with E-state index in [4.69, 9.17) is 44.9 Å². The molecule has 3 aromatic rings. The average molecular weight is 534 g/mol. The molecule has 1 saturated heterocycles. The third-order valence-corrected chi connectivity index (χ3v) is 6.66. The lowest BCUT2D eigenvalue weighted by Gasteiger charge is -2.16. The molecule has 34 heavy (non-hydrogen) atoms. The van der Waals surface area contributed by atoms with Crippen LogP contribution in [0.2, 0.25) is 10.0 Å². The maximum atomic E-state index is 13.1. The highest BCUT2D eigenvalue weighted by molar-refractivity contribution is 8.27. The van der Waals surface area contributed by atoms with E-state index in [0.717, 1.165) is 11.1 Å². The van der Waals surface area contributed by atoms with E-state index in [1.807, 2.05) is 13.0 Å². The van der Waals surface area contributed by atoms with E-state index in [1.54, 1.807) is 48.5 Å². The van der Waals surface area contributed by atoms with E-state index in [-0.39, 0.29) is 18.3 Å². The second kappa shape index (κ2) is 10.8. The van der Waals surface area contributed by atoms with E-state index < -0.39 is 0 Å². The number of carbonyl (C=O) groups is 1. The van der Waals surface area contributed by atoms with Crippen molar-refractivity contribution in [3.8, 4) is 11.5 Å². The van der Waals surface area contributed by atoms with Gasteiger partial charge in [0.1, 0.15) is 12.4 Å². The molecule has 0 aliphatic carbocycles. The number of benzene rings is 3. The molecule has 1 heterocycles. The number of carbonyl (C=O) groups excluding carboxylic acids is 1. The fraction of sp³-hybridized carbons (Fsp3) is 0.120. The Bertz CT molecular complexity index is 1280. The Morgan fingerprint density at radius 3 is 2.50 bits per heavy atom. The molecule has 4 nitrogen and oxygen atoms in total. The van der Waals surface area contributed by atoms with E-state index in [9.17, 15) is 9.18 Å². The summed E-state index contributed by atoms with van der Waals surface area (Å²) in [7, 11) is 0. The number of nitrogens with zero attached hydrogens (tertiary/aromatic N) is 1. The smallest absolute Gasteiger partial charge is 0.270 e. The van der Waals surface area contributed by atoms with Gasteiger partial charge in [-0.3, -0.25) is 9.69 Å². The van der Waals surface area contributed by atoms with E-state index in [0.29, 0.717) is 43.1 Å². The molecule has 0 saturated carbocycles. The lowest BCUT2D eigenvalue weighted by Crippen LogP contribution is -2.27. The Hall–Kier alpha value is -2.58. The first-order chi connectivity index (χ1) is 16.4. The second-order valence-electron chi connectivity index (χ2n) is 7.17. The Balaban J connectivity index is 1.56. The minimum absolute atomic E-state index is 0.264. The lowest BCUT2D eigenvalue weighted by molar-refractivity contribution is -0.113. The van der Waals surface area contributed by atoms with Crippen molar-refractivity contribution < 1.29 is 18.7 Å².